The van der Waals surface area contributed by atoms with Gasteiger partial charge in [-0.15, -0.1) is 0 Å². The van der Waals surface area contributed by atoms with E-state index in [-0.39, 0.29) is 5.82 Å². The lowest BCUT2D eigenvalue weighted by atomic mass is 10.1. The molecule has 0 fully saturated rings. The lowest BCUT2D eigenvalue weighted by Gasteiger charge is -2.10. The van der Waals surface area contributed by atoms with Gasteiger partial charge in [0.1, 0.15) is 5.82 Å². The Hall–Kier alpha value is -2.03. The summed E-state index contributed by atoms with van der Waals surface area (Å²) in [5.41, 5.74) is 4.65. The molecule has 0 amide bonds. The van der Waals surface area contributed by atoms with Crippen molar-refractivity contribution in [2.24, 2.45) is 0 Å². The predicted octanol–water partition coefficient (Wildman–Crippen LogP) is 3.97. The number of anilines is 2. The molecule has 0 aliphatic carbocycles. The minimum Gasteiger partial charge on any atom is -0.383 e. The Balaban J connectivity index is 1.77. The highest BCUT2D eigenvalue weighted by Crippen LogP contribution is 2.13. The zero-order chi connectivity index (χ0) is 13.7. The van der Waals surface area contributed by atoms with Gasteiger partial charge in [-0.25, -0.2) is 4.39 Å². The molecule has 3 heteroatoms. The molecule has 0 atom stereocenters. The van der Waals surface area contributed by atoms with Gasteiger partial charge in [0.25, 0.3) is 0 Å². The second kappa shape index (κ2) is 6.23. The smallest absolute Gasteiger partial charge is 0.123 e. The second-order valence-electron chi connectivity index (χ2n) is 4.66. The molecule has 0 bridgehead atoms. The Bertz CT molecular complexity index is 535. The van der Waals surface area contributed by atoms with Gasteiger partial charge in [0.15, 0.2) is 0 Å². The molecule has 2 aromatic rings. The van der Waals surface area contributed by atoms with E-state index >= 15 is 0 Å². The summed E-state index contributed by atoms with van der Waals surface area (Å²) >= 11 is 0. The summed E-state index contributed by atoms with van der Waals surface area (Å²) in [5, 5.41) is 6.60. The summed E-state index contributed by atoms with van der Waals surface area (Å²) in [5.74, 6) is -0.209. The maximum atomic E-state index is 12.7. The molecule has 0 unspecified atom stereocenters. The average Bonchev–Trinajstić information content (AvgIpc) is 2.41. The van der Waals surface area contributed by atoms with Gasteiger partial charge in [0, 0.05) is 24.5 Å². The highest BCUT2D eigenvalue weighted by atomic mass is 19.1. The molecule has 2 aromatic carbocycles. The van der Waals surface area contributed by atoms with Gasteiger partial charge >= 0.3 is 0 Å². The Labute approximate surface area is 113 Å². The van der Waals surface area contributed by atoms with Crippen molar-refractivity contribution in [3.8, 4) is 0 Å². The molecule has 0 aliphatic rings. The highest BCUT2D eigenvalue weighted by molar-refractivity contribution is 5.48. The van der Waals surface area contributed by atoms with Crippen LogP contribution in [0.5, 0.6) is 0 Å². The average molecular weight is 258 g/mol. The third-order valence-corrected chi connectivity index (χ3v) is 3.13. The zero-order valence-corrected chi connectivity index (χ0v) is 11.3. The van der Waals surface area contributed by atoms with E-state index in [0.29, 0.717) is 0 Å². The van der Waals surface area contributed by atoms with Gasteiger partial charge in [0.2, 0.25) is 0 Å². The van der Waals surface area contributed by atoms with Gasteiger partial charge in [-0.2, -0.15) is 0 Å². The minimum absolute atomic E-state index is 0.209. The Morgan fingerprint density at radius 1 is 0.789 bits per heavy atom. The maximum absolute atomic E-state index is 12.7. The van der Waals surface area contributed by atoms with Gasteiger partial charge < -0.3 is 10.6 Å². The molecule has 0 saturated heterocycles. The first kappa shape index (κ1) is 13.4. The van der Waals surface area contributed by atoms with E-state index in [4.69, 9.17) is 0 Å². The topological polar surface area (TPSA) is 24.1 Å². The first-order valence-electron chi connectivity index (χ1n) is 6.46. The normalized spacial score (nSPS) is 10.3. The fourth-order valence-electron chi connectivity index (χ4n) is 1.83. The summed E-state index contributed by atoms with van der Waals surface area (Å²) < 4.78 is 12.7. The van der Waals surface area contributed by atoms with E-state index in [1.807, 2.05) is 0 Å². The van der Waals surface area contributed by atoms with E-state index in [2.05, 4.69) is 42.7 Å². The number of hydrogen-bond donors (Lipinski definition) is 2. The van der Waals surface area contributed by atoms with E-state index in [1.54, 1.807) is 12.1 Å². The van der Waals surface area contributed by atoms with Crippen LogP contribution in [0.1, 0.15) is 11.1 Å². The molecule has 0 heterocycles. The molecule has 19 heavy (non-hydrogen) atoms. The largest absolute Gasteiger partial charge is 0.383 e. The van der Waals surface area contributed by atoms with Crippen LogP contribution in [0.4, 0.5) is 15.8 Å². The van der Waals surface area contributed by atoms with Gasteiger partial charge in [-0.3, -0.25) is 0 Å². The van der Waals surface area contributed by atoms with E-state index in [1.165, 1.54) is 23.3 Å². The highest BCUT2D eigenvalue weighted by Gasteiger charge is 1.96. The Kier molecular flexibility index (Phi) is 4.39. The quantitative estimate of drug-likeness (QED) is 0.793. The van der Waals surface area contributed by atoms with Crippen LogP contribution in [0.3, 0.4) is 0 Å². The molecular formula is C16H19FN2. The summed E-state index contributed by atoms with van der Waals surface area (Å²) in [6.45, 7) is 5.82. The first-order valence-corrected chi connectivity index (χ1v) is 6.46. The minimum atomic E-state index is -0.209. The molecule has 0 aliphatic heterocycles. The lowest BCUT2D eigenvalue weighted by Crippen LogP contribution is -2.13. The second-order valence-corrected chi connectivity index (χ2v) is 4.66. The standard InChI is InChI=1S/C16H19FN2/c1-12-3-6-16(11-13(12)2)19-10-9-18-15-7-4-14(17)5-8-15/h3-8,11,18-19H,9-10H2,1-2H3. The summed E-state index contributed by atoms with van der Waals surface area (Å²) in [4.78, 5) is 0. The van der Waals surface area contributed by atoms with Crippen LogP contribution in [-0.2, 0) is 0 Å². The predicted molar refractivity (Wildman–Crippen MR) is 79.3 cm³/mol. The van der Waals surface area contributed by atoms with Crippen LogP contribution in [0.2, 0.25) is 0 Å². The van der Waals surface area contributed by atoms with Crippen LogP contribution < -0.4 is 10.6 Å². The summed E-state index contributed by atoms with van der Waals surface area (Å²) in [6, 6.07) is 12.7. The molecule has 0 radical (unpaired) electrons. The first-order chi connectivity index (χ1) is 9.15. The van der Waals surface area contributed by atoms with Crippen molar-refractivity contribution in [1.29, 1.82) is 0 Å². The molecule has 0 spiro atoms. The number of hydrogen-bond acceptors (Lipinski definition) is 2. The monoisotopic (exact) mass is 258 g/mol. The SMILES string of the molecule is Cc1ccc(NCCNc2ccc(F)cc2)cc1C. The zero-order valence-electron chi connectivity index (χ0n) is 11.3. The third-order valence-electron chi connectivity index (χ3n) is 3.13. The van der Waals surface area contributed by atoms with Crippen LogP contribution in [0.25, 0.3) is 0 Å². The molecule has 2 rings (SSSR count). The molecule has 0 aromatic heterocycles. The molecule has 2 N–H and O–H groups in total. The van der Waals surface area contributed by atoms with Crippen molar-refractivity contribution >= 4 is 11.4 Å². The van der Waals surface area contributed by atoms with E-state index in [0.717, 1.165) is 24.5 Å². The van der Waals surface area contributed by atoms with Crippen molar-refractivity contribution in [1.82, 2.24) is 0 Å². The molecule has 2 nitrogen and oxygen atoms in total. The number of rotatable bonds is 5. The lowest BCUT2D eigenvalue weighted by molar-refractivity contribution is 0.628. The third kappa shape index (κ3) is 3.98. The molecule has 100 valence electrons. The Morgan fingerprint density at radius 2 is 1.37 bits per heavy atom. The molecular weight excluding hydrogens is 239 g/mol. The number of nitrogens with one attached hydrogen (secondary N) is 2. The summed E-state index contributed by atoms with van der Waals surface area (Å²) in [7, 11) is 0. The van der Waals surface area contributed by atoms with Gasteiger partial charge in [-0.1, -0.05) is 6.07 Å². The van der Waals surface area contributed by atoms with Gasteiger partial charge in [0.05, 0.1) is 0 Å². The number of benzene rings is 2. The fourth-order valence-corrected chi connectivity index (χ4v) is 1.83. The number of aryl methyl sites for hydroxylation is 2. The van der Waals surface area contributed by atoms with Crippen molar-refractivity contribution in [3.05, 3.63) is 59.4 Å². The molecule has 0 saturated carbocycles. The van der Waals surface area contributed by atoms with Crippen molar-refractivity contribution < 1.29 is 4.39 Å². The van der Waals surface area contributed by atoms with Crippen LogP contribution >= 0.6 is 0 Å². The van der Waals surface area contributed by atoms with Crippen molar-refractivity contribution in [2.75, 3.05) is 23.7 Å². The van der Waals surface area contributed by atoms with Gasteiger partial charge in [-0.05, 0) is 61.4 Å². The fraction of sp³-hybridized carbons (Fsp3) is 0.250. The maximum Gasteiger partial charge on any atom is 0.123 e. The Morgan fingerprint density at radius 3 is 2.00 bits per heavy atom. The van der Waals surface area contributed by atoms with Crippen LogP contribution in [-0.4, -0.2) is 13.1 Å². The van der Waals surface area contributed by atoms with Crippen molar-refractivity contribution in [3.63, 3.8) is 0 Å². The van der Waals surface area contributed by atoms with E-state index < -0.39 is 0 Å². The van der Waals surface area contributed by atoms with E-state index in [9.17, 15) is 4.39 Å². The van der Waals surface area contributed by atoms with Crippen LogP contribution in [0, 0.1) is 19.7 Å². The van der Waals surface area contributed by atoms with Crippen LogP contribution in [0.15, 0.2) is 42.5 Å². The van der Waals surface area contributed by atoms with Crippen molar-refractivity contribution in [2.45, 2.75) is 13.8 Å². The number of halogens is 1. The summed E-state index contributed by atoms with van der Waals surface area (Å²) in [6.07, 6.45) is 0.